The summed E-state index contributed by atoms with van der Waals surface area (Å²) in [7, 11) is 0. The molecule has 1 heterocycles. The van der Waals surface area contributed by atoms with E-state index in [1.807, 2.05) is 20.8 Å². The molecule has 1 radical (unpaired) electrons. The Labute approximate surface area is 99.3 Å². The van der Waals surface area contributed by atoms with Gasteiger partial charge in [-0.05, 0) is 0 Å². The molecule has 0 N–H and O–H groups in total. The van der Waals surface area contributed by atoms with Gasteiger partial charge in [-0.2, -0.15) is 6.42 Å². The summed E-state index contributed by atoms with van der Waals surface area (Å²) in [6.45, 7) is 9.12. The molecule has 0 amide bonds. The fraction of sp³-hybridized carbons (Fsp3) is 0.500. The first kappa shape index (κ1) is 14.6. The molecule has 65 valence electrons. The van der Waals surface area contributed by atoms with Gasteiger partial charge in [-0.25, -0.2) is 0 Å². The first-order chi connectivity index (χ1) is 5.20. The Hall–Kier alpha value is 0.114. The molecule has 4 heteroatoms. The summed E-state index contributed by atoms with van der Waals surface area (Å²) in [5.74, 6) is 1.44. The van der Waals surface area contributed by atoms with Gasteiger partial charge in [-0.3, -0.25) is 0 Å². The van der Waals surface area contributed by atoms with E-state index in [0.29, 0.717) is 0 Å². The standard InChI is InChI=1S/C5H6N3.C3H7.Y/c1-4-6-3-7-5(2)8-4;1-3-2;/h1-2H3;1,3H2,2H3;/q2*-1;. The van der Waals surface area contributed by atoms with Crippen molar-refractivity contribution in [3.05, 3.63) is 24.9 Å². The van der Waals surface area contributed by atoms with Crippen molar-refractivity contribution in [2.45, 2.75) is 27.2 Å². The van der Waals surface area contributed by atoms with Crippen LogP contribution in [0.5, 0.6) is 0 Å². The van der Waals surface area contributed by atoms with E-state index in [2.05, 4.69) is 28.2 Å². The average molecular weight is 240 g/mol. The van der Waals surface area contributed by atoms with Gasteiger partial charge >= 0.3 is 0 Å². The fourth-order valence-corrected chi connectivity index (χ4v) is 0.454. The van der Waals surface area contributed by atoms with Gasteiger partial charge in [-0.15, -0.1) is 0 Å². The Kier molecular flexibility index (Phi) is 11.2. The molecule has 0 unspecified atom stereocenters. The van der Waals surface area contributed by atoms with Crippen LogP contribution in [0.1, 0.15) is 25.0 Å². The summed E-state index contributed by atoms with van der Waals surface area (Å²) in [5, 5.41) is 0. The van der Waals surface area contributed by atoms with Crippen LogP contribution in [0, 0.1) is 27.1 Å². The second-order valence-electron chi connectivity index (χ2n) is 2.03. The van der Waals surface area contributed by atoms with E-state index in [1.54, 1.807) is 0 Å². The van der Waals surface area contributed by atoms with Crippen molar-refractivity contribution in [3.63, 3.8) is 0 Å². The van der Waals surface area contributed by atoms with Crippen LogP contribution in [-0.2, 0) is 32.7 Å². The monoisotopic (exact) mass is 240 g/mol. The van der Waals surface area contributed by atoms with Gasteiger partial charge in [0, 0.05) is 50.7 Å². The molecule has 0 aromatic carbocycles. The molecule has 0 aliphatic carbocycles. The molecule has 0 aliphatic heterocycles. The van der Waals surface area contributed by atoms with Crippen LogP contribution in [0.4, 0.5) is 0 Å². The van der Waals surface area contributed by atoms with E-state index < -0.39 is 0 Å². The van der Waals surface area contributed by atoms with Gasteiger partial charge < -0.3 is 21.9 Å². The van der Waals surface area contributed by atoms with E-state index in [-0.39, 0.29) is 32.7 Å². The predicted molar refractivity (Wildman–Crippen MR) is 43.8 cm³/mol. The van der Waals surface area contributed by atoms with Crippen molar-refractivity contribution >= 4 is 0 Å². The van der Waals surface area contributed by atoms with Crippen molar-refractivity contribution in [1.29, 1.82) is 0 Å². The zero-order valence-electron chi connectivity index (χ0n) is 7.83. The maximum Gasteiger partial charge on any atom is 0.0247 e. The number of hydrogen-bond acceptors (Lipinski definition) is 3. The fourth-order valence-electron chi connectivity index (χ4n) is 0.454. The Morgan fingerprint density at radius 3 is 1.75 bits per heavy atom. The van der Waals surface area contributed by atoms with Crippen molar-refractivity contribution in [2.24, 2.45) is 0 Å². The summed E-state index contributed by atoms with van der Waals surface area (Å²) < 4.78 is 0. The topological polar surface area (TPSA) is 38.7 Å². The van der Waals surface area contributed by atoms with Crippen molar-refractivity contribution in [1.82, 2.24) is 15.0 Å². The van der Waals surface area contributed by atoms with E-state index >= 15 is 0 Å². The van der Waals surface area contributed by atoms with Crippen LogP contribution < -0.4 is 0 Å². The summed E-state index contributed by atoms with van der Waals surface area (Å²) >= 11 is 0. The quantitative estimate of drug-likeness (QED) is 0.645. The van der Waals surface area contributed by atoms with Crippen LogP contribution in [0.3, 0.4) is 0 Å². The van der Waals surface area contributed by atoms with Crippen molar-refractivity contribution in [3.8, 4) is 0 Å². The molecule has 3 nitrogen and oxygen atoms in total. The molecule has 0 aliphatic rings. The van der Waals surface area contributed by atoms with Gasteiger partial charge in [0.15, 0.2) is 0 Å². The third-order valence-corrected chi connectivity index (χ3v) is 0.747. The molecular weight excluding hydrogens is 227 g/mol. The molecule has 1 aromatic heterocycles. The van der Waals surface area contributed by atoms with Crippen LogP contribution in [-0.4, -0.2) is 15.0 Å². The number of aromatic nitrogens is 3. The third kappa shape index (κ3) is 8.21. The Morgan fingerprint density at radius 1 is 1.25 bits per heavy atom. The molecular formula is C8H13N3Y-2. The van der Waals surface area contributed by atoms with Crippen molar-refractivity contribution in [2.75, 3.05) is 0 Å². The second kappa shape index (κ2) is 9.20. The average Bonchev–Trinajstić information content (AvgIpc) is 1.88. The minimum atomic E-state index is 0. The minimum Gasteiger partial charge on any atom is -0.353 e. The smallest absolute Gasteiger partial charge is 0.0247 e. The first-order valence-electron chi connectivity index (χ1n) is 3.55. The van der Waals surface area contributed by atoms with Crippen LogP contribution >= 0.6 is 0 Å². The van der Waals surface area contributed by atoms with Gasteiger partial charge in [-0.1, -0.05) is 20.8 Å². The van der Waals surface area contributed by atoms with Crippen LogP contribution in [0.2, 0.25) is 0 Å². The Balaban J connectivity index is 0. The van der Waals surface area contributed by atoms with Crippen molar-refractivity contribution < 1.29 is 32.7 Å². The summed E-state index contributed by atoms with van der Waals surface area (Å²) in [4.78, 5) is 11.3. The number of aryl methyl sites for hydroxylation is 2. The predicted octanol–water partition coefficient (Wildman–Crippen LogP) is 1.52. The number of nitrogens with zero attached hydrogens (tertiary/aromatic N) is 3. The van der Waals surface area contributed by atoms with Crippen LogP contribution in [0.25, 0.3) is 0 Å². The van der Waals surface area contributed by atoms with E-state index in [9.17, 15) is 0 Å². The number of hydrogen-bond donors (Lipinski definition) is 0. The molecule has 0 fully saturated rings. The maximum atomic E-state index is 3.92. The molecule has 0 saturated heterocycles. The molecule has 0 saturated carbocycles. The van der Waals surface area contributed by atoms with Gasteiger partial charge in [0.05, 0.1) is 0 Å². The first-order valence-corrected chi connectivity index (χ1v) is 3.55. The minimum absolute atomic E-state index is 0. The van der Waals surface area contributed by atoms with Gasteiger partial charge in [0.2, 0.25) is 0 Å². The summed E-state index contributed by atoms with van der Waals surface area (Å²) in [6.07, 6.45) is 3.47. The molecule has 1 rings (SSSR count). The Bertz CT molecular complexity index is 186. The van der Waals surface area contributed by atoms with E-state index in [0.717, 1.165) is 18.1 Å². The summed E-state index contributed by atoms with van der Waals surface area (Å²) in [6, 6.07) is 0. The third-order valence-electron chi connectivity index (χ3n) is 0.747. The zero-order valence-corrected chi connectivity index (χ0v) is 10.7. The zero-order chi connectivity index (χ0) is 8.69. The van der Waals surface area contributed by atoms with Crippen LogP contribution in [0.15, 0.2) is 0 Å². The Morgan fingerprint density at radius 2 is 1.58 bits per heavy atom. The molecule has 12 heavy (non-hydrogen) atoms. The maximum absolute atomic E-state index is 3.92. The molecule has 0 spiro atoms. The second-order valence-corrected chi connectivity index (χ2v) is 2.03. The summed E-state index contributed by atoms with van der Waals surface area (Å²) in [5.41, 5.74) is 0. The van der Waals surface area contributed by atoms with E-state index in [1.165, 1.54) is 0 Å². The molecule has 0 atom stereocenters. The SMILES string of the molecule is Cc1n[c-]nc(C)n1.[CH2-]CC.[Y]. The largest absolute Gasteiger partial charge is 0.353 e. The molecule has 0 bridgehead atoms. The molecule has 1 aromatic rings. The van der Waals surface area contributed by atoms with Gasteiger partial charge in [0.1, 0.15) is 0 Å². The normalized spacial score (nSPS) is 7.67. The van der Waals surface area contributed by atoms with E-state index in [4.69, 9.17) is 0 Å². The van der Waals surface area contributed by atoms with Gasteiger partial charge in [0.25, 0.3) is 0 Å². The number of rotatable bonds is 0.